The zero-order valence-corrected chi connectivity index (χ0v) is 21.6. The molecule has 6 heteroatoms. The van der Waals surface area contributed by atoms with Crippen LogP contribution in [-0.2, 0) is 27.4 Å². The summed E-state index contributed by atoms with van der Waals surface area (Å²) in [4.78, 5) is 2.51. The smallest absolute Gasteiger partial charge is 0.184 e. The number of rotatable bonds is 9. The van der Waals surface area contributed by atoms with Crippen LogP contribution in [0.4, 0.5) is 0 Å². The van der Waals surface area contributed by atoms with Gasteiger partial charge < -0.3 is 25.1 Å². The maximum atomic E-state index is 9.46. The van der Waals surface area contributed by atoms with Crippen LogP contribution in [-0.4, -0.2) is 49.0 Å². The van der Waals surface area contributed by atoms with Crippen molar-refractivity contribution in [3.05, 3.63) is 95.1 Å². The molecule has 3 aromatic rings. The standard InChI is InChI=1S/C31H38N2O4/c1-35-21-28-6-3-15-33(28)19-29-17-30(25-9-7-22(20-34)8-10-25)37-31(36-29)26-13-11-24(12-14-26)27-5-2-4-23(16-27)18-32/h2,4-5,7-14,16,28-31,34H,3,6,15,17-21,32H2,1H3. The minimum atomic E-state index is -0.450. The van der Waals surface area contributed by atoms with E-state index in [0.29, 0.717) is 12.6 Å². The molecule has 3 N–H and O–H groups in total. The van der Waals surface area contributed by atoms with Crippen LogP contribution < -0.4 is 5.73 Å². The highest BCUT2D eigenvalue weighted by atomic mass is 16.7. The van der Waals surface area contributed by atoms with Crippen LogP contribution >= 0.6 is 0 Å². The zero-order chi connectivity index (χ0) is 25.6. The van der Waals surface area contributed by atoms with Crippen molar-refractivity contribution in [1.82, 2.24) is 4.90 Å². The first kappa shape index (κ1) is 26.0. The van der Waals surface area contributed by atoms with E-state index in [9.17, 15) is 5.11 Å². The lowest BCUT2D eigenvalue weighted by atomic mass is 9.99. The Kier molecular flexibility index (Phi) is 8.66. The van der Waals surface area contributed by atoms with E-state index in [0.717, 1.165) is 59.5 Å². The van der Waals surface area contributed by atoms with Crippen LogP contribution in [0.2, 0.25) is 0 Å². The van der Waals surface area contributed by atoms with Crippen molar-refractivity contribution in [1.29, 1.82) is 0 Å². The summed E-state index contributed by atoms with van der Waals surface area (Å²) in [7, 11) is 1.78. The highest BCUT2D eigenvalue weighted by Gasteiger charge is 2.35. The maximum Gasteiger partial charge on any atom is 0.184 e. The number of benzene rings is 3. The summed E-state index contributed by atoms with van der Waals surface area (Å²) < 4.78 is 18.6. The highest BCUT2D eigenvalue weighted by molar-refractivity contribution is 5.64. The van der Waals surface area contributed by atoms with Crippen molar-refractivity contribution < 1.29 is 19.3 Å². The predicted octanol–water partition coefficient (Wildman–Crippen LogP) is 4.96. The molecule has 2 heterocycles. The Morgan fingerprint density at radius 2 is 1.73 bits per heavy atom. The van der Waals surface area contributed by atoms with Crippen LogP contribution in [0.1, 0.15) is 53.9 Å². The van der Waals surface area contributed by atoms with Gasteiger partial charge in [0.2, 0.25) is 0 Å². The van der Waals surface area contributed by atoms with E-state index >= 15 is 0 Å². The van der Waals surface area contributed by atoms with Gasteiger partial charge in [0, 0.05) is 38.2 Å². The third kappa shape index (κ3) is 6.29. The number of hydrogen-bond acceptors (Lipinski definition) is 6. The summed E-state index contributed by atoms with van der Waals surface area (Å²) in [5, 5.41) is 9.46. The summed E-state index contributed by atoms with van der Waals surface area (Å²) in [6.45, 7) is 3.26. The molecule has 2 aliphatic rings. The van der Waals surface area contributed by atoms with E-state index in [1.54, 1.807) is 7.11 Å². The number of methoxy groups -OCH3 is 1. The Labute approximate surface area is 220 Å². The summed E-state index contributed by atoms with van der Waals surface area (Å²) in [5.41, 5.74) is 12.3. The molecular formula is C31H38N2O4. The number of nitrogens with zero attached hydrogens (tertiary/aromatic N) is 1. The van der Waals surface area contributed by atoms with E-state index in [2.05, 4.69) is 53.4 Å². The highest BCUT2D eigenvalue weighted by Crippen LogP contribution is 2.39. The molecule has 2 aliphatic heterocycles. The first-order valence-electron chi connectivity index (χ1n) is 13.3. The lowest BCUT2D eigenvalue weighted by molar-refractivity contribution is -0.253. The fourth-order valence-electron chi connectivity index (χ4n) is 5.52. The lowest BCUT2D eigenvalue weighted by Gasteiger charge is -2.38. The van der Waals surface area contributed by atoms with Gasteiger partial charge in [-0.1, -0.05) is 66.7 Å². The third-order valence-corrected chi connectivity index (χ3v) is 7.59. The Balaban J connectivity index is 1.36. The van der Waals surface area contributed by atoms with E-state index in [-0.39, 0.29) is 18.8 Å². The van der Waals surface area contributed by atoms with Crippen molar-refractivity contribution in [3.8, 4) is 11.1 Å². The third-order valence-electron chi connectivity index (χ3n) is 7.59. The molecule has 0 saturated carbocycles. The van der Waals surface area contributed by atoms with Crippen molar-refractivity contribution >= 4 is 0 Å². The molecule has 4 atom stereocenters. The van der Waals surface area contributed by atoms with E-state index in [1.807, 2.05) is 24.3 Å². The summed E-state index contributed by atoms with van der Waals surface area (Å²) >= 11 is 0. The quantitative estimate of drug-likeness (QED) is 0.431. The second-order valence-electron chi connectivity index (χ2n) is 10.1. The Morgan fingerprint density at radius 1 is 0.946 bits per heavy atom. The van der Waals surface area contributed by atoms with Crippen molar-refractivity contribution in [2.24, 2.45) is 5.73 Å². The van der Waals surface area contributed by atoms with Crippen molar-refractivity contribution in [3.63, 3.8) is 0 Å². The van der Waals surface area contributed by atoms with Crippen LogP contribution in [0.15, 0.2) is 72.8 Å². The van der Waals surface area contributed by atoms with Gasteiger partial charge in [-0.25, -0.2) is 0 Å². The molecule has 5 rings (SSSR count). The molecule has 196 valence electrons. The normalized spacial score (nSPS) is 24.4. The fourth-order valence-corrected chi connectivity index (χ4v) is 5.52. The Hall–Kier alpha value is -2.58. The summed E-state index contributed by atoms with van der Waals surface area (Å²) in [5.74, 6) is 0. The van der Waals surface area contributed by atoms with E-state index in [4.69, 9.17) is 19.9 Å². The van der Waals surface area contributed by atoms with Gasteiger partial charge in [0.1, 0.15) is 0 Å². The van der Waals surface area contributed by atoms with Gasteiger partial charge in [-0.3, -0.25) is 4.90 Å². The molecule has 0 aromatic heterocycles. The van der Waals surface area contributed by atoms with Crippen LogP contribution in [0.25, 0.3) is 11.1 Å². The SMILES string of the molecule is COCC1CCCN1CC1CC(c2ccc(CO)cc2)OC(c2ccc(-c3cccc(CN)c3)cc2)O1. The maximum absolute atomic E-state index is 9.46. The van der Waals surface area contributed by atoms with E-state index < -0.39 is 6.29 Å². The largest absolute Gasteiger partial charge is 0.392 e. The topological polar surface area (TPSA) is 77.2 Å². The minimum Gasteiger partial charge on any atom is -0.392 e. The lowest BCUT2D eigenvalue weighted by Crippen LogP contribution is -2.42. The predicted molar refractivity (Wildman–Crippen MR) is 145 cm³/mol. The molecule has 0 radical (unpaired) electrons. The van der Waals surface area contributed by atoms with Crippen LogP contribution in [0.3, 0.4) is 0 Å². The summed E-state index contributed by atoms with van der Waals surface area (Å²) in [6.07, 6.45) is 2.66. The first-order chi connectivity index (χ1) is 18.2. The summed E-state index contributed by atoms with van der Waals surface area (Å²) in [6, 6.07) is 25.3. The number of aliphatic hydroxyl groups is 1. The Bertz CT molecular complexity index is 1130. The number of ether oxygens (including phenoxy) is 3. The van der Waals surface area contributed by atoms with Gasteiger partial charge in [0.05, 0.1) is 25.4 Å². The molecule has 4 unspecified atom stereocenters. The van der Waals surface area contributed by atoms with E-state index in [1.165, 1.54) is 12.8 Å². The second-order valence-corrected chi connectivity index (χ2v) is 10.1. The second kappa shape index (κ2) is 12.3. The van der Waals surface area contributed by atoms with Gasteiger partial charge in [0.15, 0.2) is 6.29 Å². The Morgan fingerprint density at radius 3 is 2.46 bits per heavy atom. The average Bonchev–Trinajstić information content (AvgIpc) is 3.39. The molecule has 0 aliphatic carbocycles. The van der Waals surface area contributed by atoms with Crippen LogP contribution in [0.5, 0.6) is 0 Å². The molecule has 0 amide bonds. The molecule has 37 heavy (non-hydrogen) atoms. The monoisotopic (exact) mass is 502 g/mol. The number of nitrogens with two attached hydrogens (primary N) is 1. The first-order valence-corrected chi connectivity index (χ1v) is 13.3. The van der Waals surface area contributed by atoms with Gasteiger partial charge >= 0.3 is 0 Å². The van der Waals surface area contributed by atoms with Crippen LogP contribution in [0, 0.1) is 0 Å². The molecule has 0 spiro atoms. The number of aliphatic hydroxyl groups excluding tert-OH is 1. The molecule has 0 bridgehead atoms. The van der Waals surface area contributed by atoms with Crippen molar-refractivity contribution in [2.45, 2.75) is 57.0 Å². The average molecular weight is 503 g/mol. The molecular weight excluding hydrogens is 464 g/mol. The van der Waals surface area contributed by atoms with Gasteiger partial charge in [-0.2, -0.15) is 0 Å². The molecule has 2 saturated heterocycles. The number of likely N-dealkylation sites (tertiary alicyclic amines) is 1. The molecule has 2 fully saturated rings. The number of hydrogen-bond donors (Lipinski definition) is 2. The fraction of sp³-hybridized carbons (Fsp3) is 0.419. The minimum absolute atomic E-state index is 0.0382. The van der Waals surface area contributed by atoms with Crippen molar-refractivity contribution in [2.75, 3.05) is 26.8 Å². The molecule has 6 nitrogen and oxygen atoms in total. The van der Waals surface area contributed by atoms with Gasteiger partial charge in [-0.15, -0.1) is 0 Å². The van der Waals surface area contributed by atoms with Gasteiger partial charge in [-0.05, 0) is 53.3 Å². The van der Waals surface area contributed by atoms with Gasteiger partial charge in [0.25, 0.3) is 0 Å². The zero-order valence-electron chi connectivity index (χ0n) is 21.6. The molecule has 3 aromatic carbocycles.